The highest BCUT2D eigenvalue weighted by Gasteiger charge is 2.24. The predicted octanol–water partition coefficient (Wildman–Crippen LogP) is 0.925. The molecule has 1 N–H and O–H groups in total. The van der Waals surface area contributed by atoms with E-state index in [1.807, 2.05) is 0 Å². The fourth-order valence-electron chi connectivity index (χ4n) is 1.55. The van der Waals surface area contributed by atoms with Crippen LogP contribution in [0.15, 0.2) is 24.3 Å². The number of nitro groups is 1. The van der Waals surface area contributed by atoms with Gasteiger partial charge in [0.05, 0.1) is 4.92 Å². The molecule has 0 radical (unpaired) electrons. The van der Waals surface area contributed by atoms with Gasteiger partial charge in [0.25, 0.3) is 11.6 Å². The molecule has 1 aliphatic heterocycles. The molecular weight excluding hydrogens is 242 g/mol. The molecule has 0 aliphatic carbocycles. The lowest BCUT2D eigenvalue weighted by Crippen LogP contribution is -2.33. The average Bonchev–Trinajstić information content (AvgIpc) is 2.74. The molecule has 0 unspecified atom stereocenters. The third kappa shape index (κ3) is 2.23. The van der Waals surface area contributed by atoms with Crippen molar-refractivity contribution in [3.8, 4) is 0 Å². The molecule has 0 spiro atoms. The molecule has 1 saturated heterocycles. The number of nitrogens with one attached hydrogen (secondary N) is 1. The van der Waals surface area contributed by atoms with Crippen LogP contribution in [-0.4, -0.2) is 33.9 Å². The lowest BCUT2D eigenvalue weighted by Gasteiger charge is -2.13. The molecule has 1 amide bonds. The highest BCUT2D eigenvalue weighted by molar-refractivity contribution is 7.80. The molecule has 17 heavy (non-hydrogen) atoms. The molecule has 1 heterocycles. The Hall–Kier alpha value is -2.02. The summed E-state index contributed by atoms with van der Waals surface area (Å²) >= 11 is 4.97. The predicted molar refractivity (Wildman–Crippen MR) is 64.7 cm³/mol. The Kier molecular flexibility index (Phi) is 3.01. The standard InChI is InChI=1S/C10H9N3O3S/c14-9(12-6-5-11-10(12)17)7-1-3-8(4-2-7)13(15)16/h1-4H,5-6H2,(H,11,17). The first-order chi connectivity index (χ1) is 8.09. The topological polar surface area (TPSA) is 75.5 Å². The third-order valence-electron chi connectivity index (χ3n) is 2.43. The van der Waals surface area contributed by atoms with E-state index < -0.39 is 4.92 Å². The zero-order chi connectivity index (χ0) is 12.4. The summed E-state index contributed by atoms with van der Waals surface area (Å²) in [5.41, 5.74) is 0.352. The summed E-state index contributed by atoms with van der Waals surface area (Å²) in [4.78, 5) is 23.4. The van der Waals surface area contributed by atoms with Gasteiger partial charge in [0, 0.05) is 30.8 Å². The first-order valence-corrected chi connectivity index (χ1v) is 5.34. The largest absolute Gasteiger partial charge is 0.360 e. The SMILES string of the molecule is O=C(c1ccc([N+](=O)[O-])cc1)N1CCNC1=S. The normalized spacial score (nSPS) is 14.6. The second-order valence-corrected chi connectivity index (χ2v) is 3.88. The quantitative estimate of drug-likeness (QED) is 0.480. The second-order valence-electron chi connectivity index (χ2n) is 3.49. The Labute approximate surface area is 102 Å². The van der Waals surface area contributed by atoms with Gasteiger partial charge in [-0.1, -0.05) is 0 Å². The van der Waals surface area contributed by atoms with Gasteiger partial charge in [0.1, 0.15) is 0 Å². The van der Waals surface area contributed by atoms with Crippen LogP contribution in [0.5, 0.6) is 0 Å². The van der Waals surface area contributed by atoms with Gasteiger partial charge in [-0.2, -0.15) is 0 Å². The number of rotatable bonds is 2. The maximum atomic E-state index is 12.0. The fourth-order valence-corrected chi connectivity index (χ4v) is 1.82. The van der Waals surface area contributed by atoms with Gasteiger partial charge < -0.3 is 5.32 Å². The van der Waals surface area contributed by atoms with Crippen molar-refractivity contribution in [1.82, 2.24) is 10.2 Å². The van der Waals surface area contributed by atoms with E-state index in [1.165, 1.54) is 29.2 Å². The minimum absolute atomic E-state index is 0.0383. The number of benzene rings is 1. The highest BCUT2D eigenvalue weighted by atomic mass is 32.1. The smallest absolute Gasteiger partial charge is 0.269 e. The number of hydrogen-bond acceptors (Lipinski definition) is 4. The van der Waals surface area contributed by atoms with E-state index in [0.29, 0.717) is 23.8 Å². The maximum Gasteiger partial charge on any atom is 0.269 e. The zero-order valence-corrected chi connectivity index (χ0v) is 9.57. The minimum Gasteiger partial charge on any atom is -0.360 e. The van der Waals surface area contributed by atoms with Crippen LogP contribution in [0.1, 0.15) is 10.4 Å². The molecule has 0 bridgehead atoms. The third-order valence-corrected chi connectivity index (χ3v) is 2.79. The van der Waals surface area contributed by atoms with Crippen molar-refractivity contribution in [2.45, 2.75) is 0 Å². The number of hydrogen-bond donors (Lipinski definition) is 1. The van der Waals surface area contributed by atoms with Crippen molar-refractivity contribution in [3.63, 3.8) is 0 Å². The first kappa shape index (κ1) is 11.5. The Morgan fingerprint density at radius 3 is 2.53 bits per heavy atom. The minimum atomic E-state index is -0.504. The molecule has 1 aromatic carbocycles. The van der Waals surface area contributed by atoms with Crippen LogP contribution in [0.4, 0.5) is 5.69 Å². The summed E-state index contributed by atoms with van der Waals surface area (Å²) in [5.74, 6) is -0.241. The molecule has 2 rings (SSSR count). The highest BCUT2D eigenvalue weighted by Crippen LogP contribution is 2.14. The van der Waals surface area contributed by atoms with E-state index in [4.69, 9.17) is 12.2 Å². The van der Waals surface area contributed by atoms with Crippen LogP contribution in [0.25, 0.3) is 0 Å². The van der Waals surface area contributed by atoms with Crippen LogP contribution >= 0.6 is 12.2 Å². The van der Waals surface area contributed by atoms with E-state index in [0.717, 1.165) is 0 Å². The first-order valence-electron chi connectivity index (χ1n) is 4.94. The zero-order valence-electron chi connectivity index (χ0n) is 8.75. The van der Waals surface area contributed by atoms with Crippen molar-refractivity contribution in [1.29, 1.82) is 0 Å². The van der Waals surface area contributed by atoms with Crippen molar-refractivity contribution in [2.24, 2.45) is 0 Å². The van der Waals surface area contributed by atoms with Crippen molar-refractivity contribution in [3.05, 3.63) is 39.9 Å². The Morgan fingerprint density at radius 1 is 1.41 bits per heavy atom. The van der Waals surface area contributed by atoms with Crippen molar-refractivity contribution < 1.29 is 9.72 Å². The fraction of sp³-hybridized carbons (Fsp3) is 0.200. The molecular formula is C10H9N3O3S. The average molecular weight is 251 g/mol. The van der Waals surface area contributed by atoms with Crippen LogP contribution in [-0.2, 0) is 0 Å². The molecule has 88 valence electrons. The molecule has 0 atom stereocenters. The molecule has 7 heteroatoms. The van der Waals surface area contributed by atoms with Gasteiger partial charge in [0.15, 0.2) is 5.11 Å². The maximum absolute atomic E-state index is 12.0. The van der Waals surface area contributed by atoms with Crippen molar-refractivity contribution in [2.75, 3.05) is 13.1 Å². The van der Waals surface area contributed by atoms with Crippen LogP contribution in [0.2, 0.25) is 0 Å². The van der Waals surface area contributed by atoms with E-state index in [-0.39, 0.29) is 11.6 Å². The Bertz CT molecular complexity index is 486. The molecule has 6 nitrogen and oxygen atoms in total. The monoisotopic (exact) mass is 251 g/mol. The number of nitro benzene ring substituents is 1. The lowest BCUT2D eigenvalue weighted by atomic mass is 10.2. The van der Waals surface area contributed by atoms with Gasteiger partial charge in [-0.3, -0.25) is 19.8 Å². The van der Waals surface area contributed by atoms with E-state index >= 15 is 0 Å². The second kappa shape index (κ2) is 4.46. The Balaban J connectivity index is 2.20. The van der Waals surface area contributed by atoms with Crippen LogP contribution in [0.3, 0.4) is 0 Å². The number of carbonyl (C=O) groups excluding carboxylic acids is 1. The summed E-state index contributed by atoms with van der Waals surface area (Å²) in [6.45, 7) is 1.16. The van der Waals surface area contributed by atoms with E-state index in [9.17, 15) is 14.9 Å². The Morgan fingerprint density at radius 2 is 2.06 bits per heavy atom. The van der Waals surface area contributed by atoms with Gasteiger partial charge in [-0.05, 0) is 24.4 Å². The summed E-state index contributed by atoms with van der Waals surface area (Å²) in [7, 11) is 0. The van der Waals surface area contributed by atoms with Gasteiger partial charge >= 0.3 is 0 Å². The number of non-ortho nitro benzene ring substituents is 1. The lowest BCUT2D eigenvalue weighted by molar-refractivity contribution is -0.384. The van der Waals surface area contributed by atoms with Gasteiger partial charge in [-0.15, -0.1) is 0 Å². The van der Waals surface area contributed by atoms with E-state index in [2.05, 4.69) is 5.32 Å². The molecule has 0 aromatic heterocycles. The van der Waals surface area contributed by atoms with Gasteiger partial charge in [-0.25, -0.2) is 0 Å². The summed E-state index contributed by atoms with van der Waals surface area (Å²) < 4.78 is 0. The molecule has 0 saturated carbocycles. The summed E-state index contributed by atoms with van der Waals surface area (Å²) in [6.07, 6.45) is 0. The van der Waals surface area contributed by atoms with Crippen LogP contribution < -0.4 is 5.32 Å². The number of thiocarbonyl (C=S) groups is 1. The summed E-state index contributed by atoms with van der Waals surface area (Å²) in [5, 5.41) is 13.7. The number of nitrogens with zero attached hydrogens (tertiary/aromatic N) is 2. The van der Waals surface area contributed by atoms with Crippen molar-refractivity contribution >= 4 is 28.9 Å². The molecule has 1 fully saturated rings. The number of carbonyl (C=O) groups is 1. The number of amides is 1. The van der Waals surface area contributed by atoms with Gasteiger partial charge in [0.2, 0.25) is 0 Å². The van der Waals surface area contributed by atoms with E-state index in [1.54, 1.807) is 0 Å². The molecule has 1 aliphatic rings. The summed E-state index contributed by atoms with van der Waals surface area (Å²) in [6, 6.07) is 5.47. The van der Waals surface area contributed by atoms with Crippen LogP contribution in [0, 0.1) is 10.1 Å². The molecule has 1 aromatic rings.